The summed E-state index contributed by atoms with van der Waals surface area (Å²) in [5.41, 5.74) is 1.67. The zero-order chi connectivity index (χ0) is 10.8. The molecule has 1 aromatic heterocycles. The standard InChI is InChI=1S/C11H17N3O/c1-3-14(4-2)11(15)10-7-9(12-13-10)8-5-6-8/h7-8H,3-6H2,1-2H3,(H,12,13). The van der Waals surface area contributed by atoms with Crippen LogP contribution in [0.1, 0.15) is 48.8 Å². The predicted molar refractivity (Wildman–Crippen MR) is 57.8 cm³/mol. The Labute approximate surface area is 89.7 Å². The zero-order valence-electron chi connectivity index (χ0n) is 9.29. The molecule has 0 unspecified atom stereocenters. The molecule has 1 fully saturated rings. The van der Waals surface area contributed by atoms with Crippen LogP contribution in [0.25, 0.3) is 0 Å². The molecular weight excluding hydrogens is 190 g/mol. The highest BCUT2D eigenvalue weighted by Crippen LogP contribution is 2.39. The summed E-state index contributed by atoms with van der Waals surface area (Å²) < 4.78 is 0. The van der Waals surface area contributed by atoms with E-state index in [1.54, 1.807) is 4.90 Å². The molecule has 1 saturated carbocycles. The van der Waals surface area contributed by atoms with Crippen LogP contribution in [0.2, 0.25) is 0 Å². The highest BCUT2D eigenvalue weighted by Gasteiger charge is 2.27. The number of amides is 1. The fourth-order valence-electron chi connectivity index (χ4n) is 1.72. The van der Waals surface area contributed by atoms with Crippen LogP contribution in [0.15, 0.2) is 6.07 Å². The summed E-state index contributed by atoms with van der Waals surface area (Å²) in [5, 5.41) is 7.03. The van der Waals surface area contributed by atoms with Crippen LogP contribution in [0, 0.1) is 0 Å². The molecule has 0 spiro atoms. The van der Waals surface area contributed by atoms with Crippen LogP contribution in [0.3, 0.4) is 0 Å². The third-order valence-corrected chi connectivity index (χ3v) is 2.88. The minimum Gasteiger partial charge on any atom is -0.338 e. The maximum absolute atomic E-state index is 11.9. The molecule has 0 saturated heterocycles. The summed E-state index contributed by atoms with van der Waals surface area (Å²) in [6.07, 6.45) is 2.45. The lowest BCUT2D eigenvalue weighted by Crippen LogP contribution is -2.30. The molecule has 1 aromatic rings. The van der Waals surface area contributed by atoms with Gasteiger partial charge >= 0.3 is 0 Å². The summed E-state index contributed by atoms with van der Waals surface area (Å²) in [7, 11) is 0. The van der Waals surface area contributed by atoms with Crippen molar-refractivity contribution in [2.24, 2.45) is 0 Å². The number of carbonyl (C=O) groups excluding carboxylic acids is 1. The van der Waals surface area contributed by atoms with Gasteiger partial charge < -0.3 is 4.90 Å². The highest BCUT2D eigenvalue weighted by atomic mass is 16.2. The van der Waals surface area contributed by atoms with Crippen molar-refractivity contribution in [2.45, 2.75) is 32.6 Å². The lowest BCUT2D eigenvalue weighted by atomic mass is 10.2. The van der Waals surface area contributed by atoms with Crippen LogP contribution < -0.4 is 0 Å². The molecule has 0 aliphatic heterocycles. The maximum Gasteiger partial charge on any atom is 0.274 e. The molecule has 1 aliphatic rings. The molecule has 82 valence electrons. The summed E-state index contributed by atoms with van der Waals surface area (Å²) in [6, 6.07) is 1.90. The Hall–Kier alpha value is -1.32. The van der Waals surface area contributed by atoms with Crippen molar-refractivity contribution in [1.82, 2.24) is 15.1 Å². The summed E-state index contributed by atoms with van der Waals surface area (Å²) in [4.78, 5) is 13.7. The van der Waals surface area contributed by atoms with Gasteiger partial charge in [-0.25, -0.2) is 0 Å². The van der Waals surface area contributed by atoms with Crippen molar-refractivity contribution in [1.29, 1.82) is 0 Å². The van der Waals surface area contributed by atoms with Gasteiger partial charge in [-0.2, -0.15) is 5.10 Å². The van der Waals surface area contributed by atoms with E-state index in [0.717, 1.165) is 18.8 Å². The normalized spacial score (nSPS) is 15.3. The number of H-pyrrole nitrogens is 1. The molecule has 15 heavy (non-hydrogen) atoms. The van der Waals surface area contributed by atoms with Gasteiger partial charge in [0.1, 0.15) is 5.69 Å². The van der Waals surface area contributed by atoms with Crippen LogP contribution in [-0.4, -0.2) is 34.1 Å². The molecule has 4 nitrogen and oxygen atoms in total. The van der Waals surface area contributed by atoms with Gasteiger partial charge in [-0.05, 0) is 32.8 Å². The van der Waals surface area contributed by atoms with Crippen LogP contribution in [0.4, 0.5) is 0 Å². The number of aromatic amines is 1. The fraction of sp³-hybridized carbons (Fsp3) is 0.636. The average molecular weight is 207 g/mol. The lowest BCUT2D eigenvalue weighted by Gasteiger charge is -2.16. The Morgan fingerprint density at radius 1 is 1.53 bits per heavy atom. The third kappa shape index (κ3) is 2.03. The van der Waals surface area contributed by atoms with Gasteiger partial charge in [-0.1, -0.05) is 0 Å². The Morgan fingerprint density at radius 3 is 2.73 bits per heavy atom. The molecule has 1 aliphatic carbocycles. The summed E-state index contributed by atoms with van der Waals surface area (Å²) >= 11 is 0. The number of hydrogen-bond donors (Lipinski definition) is 1. The van der Waals surface area contributed by atoms with Crippen molar-refractivity contribution in [2.75, 3.05) is 13.1 Å². The molecule has 1 N–H and O–H groups in total. The number of carbonyl (C=O) groups is 1. The molecular formula is C11H17N3O. The van der Waals surface area contributed by atoms with Crippen molar-refractivity contribution >= 4 is 5.91 Å². The second kappa shape index (κ2) is 4.04. The van der Waals surface area contributed by atoms with Crippen LogP contribution >= 0.6 is 0 Å². The SMILES string of the molecule is CCN(CC)C(=O)c1cc(C2CC2)[nH]n1. The molecule has 4 heteroatoms. The van der Waals surface area contributed by atoms with E-state index in [1.165, 1.54) is 12.8 Å². The Bertz CT molecular complexity index is 350. The van der Waals surface area contributed by atoms with Crippen molar-refractivity contribution in [3.05, 3.63) is 17.5 Å². The number of aromatic nitrogens is 2. The van der Waals surface area contributed by atoms with Gasteiger partial charge in [0.25, 0.3) is 5.91 Å². The Balaban J connectivity index is 2.10. The van der Waals surface area contributed by atoms with E-state index in [1.807, 2.05) is 19.9 Å². The Morgan fingerprint density at radius 2 is 2.20 bits per heavy atom. The third-order valence-electron chi connectivity index (χ3n) is 2.88. The van der Waals surface area contributed by atoms with E-state index in [9.17, 15) is 4.79 Å². The lowest BCUT2D eigenvalue weighted by molar-refractivity contribution is 0.0767. The molecule has 0 bridgehead atoms. The molecule has 1 heterocycles. The fourth-order valence-corrected chi connectivity index (χ4v) is 1.72. The van der Waals surface area contributed by atoms with Gasteiger partial charge in [0, 0.05) is 24.7 Å². The van der Waals surface area contributed by atoms with E-state index in [4.69, 9.17) is 0 Å². The largest absolute Gasteiger partial charge is 0.338 e. The van der Waals surface area contributed by atoms with Gasteiger partial charge in [-0.3, -0.25) is 9.89 Å². The second-order valence-electron chi connectivity index (χ2n) is 3.96. The zero-order valence-corrected chi connectivity index (χ0v) is 9.29. The first-order chi connectivity index (χ1) is 7.26. The number of nitrogens with zero attached hydrogens (tertiary/aromatic N) is 2. The molecule has 0 aromatic carbocycles. The van der Waals surface area contributed by atoms with E-state index >= 15 is 0 Å². The quantitative estimate of drug-likeness (QED) is 0.818. The Kier molecular flexibility index (Phi) is 2.75. The molecule has 0 radical (unpaired) electrons. The van der Waals surface area contributed by atoms with Crippen molar-refractivity contribution in [3.8, 4) is 0 Å². The van der Waals surface area contributed by atoms with Gasteiger partial charge in [-0.15, -0.1) is 0 Å². The first-order valence-corrected chi connectivity index (χ1v) is 5.60. The minimum absolute atomic E-state index is 0.0307. The smallest absolute Gasteiger partial charge is 0.274 e. The monoisotopic (exact) mass is 207 g/mol. The van der Waals surface area contributed by atoms with E-state index in [0.29, 0.717) is 11.6 Å². The first-order valence-electron chi connectivity index (χ1n) is 5.60. The van der Waals surface area contributed by atoms with Gasteiger partial charge in [0.15, 0.2) is 0 Å². The number of rotatable bonds is 4. The predicted octanol–water partition coefficient (Wildman–Crippen LogP) is 1.77. The van der Waals surface area contributed by atoms with Gasteiger partial charge in [0.05, 0.1) is 0 Å². The molecule has 0 atom stereocenters. The average Bonchev–Trinajstić information content (AvgIpc) is 2.98. The van der Waals surface area contributed by atoms with Crippen LogP contribution in [0.5, 0.6) is 0 Å². The van der Waals surface area contributed by atoms with Crippen molar-refractivity contribution < 1.29 is 4.79 Å². The number of nitrogens with one attached hydrogen (secondary N) is 1. The highest BCUT2D eigenvalue weighted by molar-refractivity contribution is 5.92. The van der Waals surface area contributed by atoms with E-state index in [-0.39, 0.29) is 5.91 Å². The molecule has 2 rings (SSSR count). The minimum atomic E-state index is 0.0307. The topological polar surface area (TPSA) is 49.0 Å². The van der Waals surface area contributed by atoms with Crippen LogP contribution in [-0.2, 0) is 0 Å². The maximum atomic E-state index is 11.9. The van der Waals surface area contributed by atoms with Gasteiger partial charge in [0.2, 0.25) is 0 Å². The molecule has 1 amide bonds. The van der Waals surface area contributed by atoms with E-state index < -0.39 is 0 Å². The number of hydrogen-bond acceptors (Lipinski definition) is 2. The first kappa shape index (κ1) is 10.2. The summed E-state index contributed by atoms with van der Waals surface area (Å²) in [5.74, 6) is 0.652. The van der Waals surface area contributed by atoms with Crippen molar-refractivity contribution in [3.63, 3.8) is 0 Å². The second-order valence-corrected chi connectivity index (χ2v) is 3.96. The summed E-state index contributed by atoms with van der Waals surface area (Å²) in [6.45, 7) is 5.44. The van der Waals surface area contributed by atoms with E-state index in [2.05, 4.69) is 10.2 Å².